The maximum absolute atomic E-state index is 10.6. The van der Waals surface area contributed by atoms with E-state index in [1.165, 1.54) is 0 Å². The summed E-state index contributed by atoms with van der Waals surface area (Å²) in [5, 5.41) is 15.5. The van der Waals surface area contributed by atoms with Crippen LogP contribution in [0.5, 0.6) is 17.4 Å². The second-order valence-electron chi connectivity index (χ2n) is 8.75. The molecule has 0 aliphatic heterocycles. The van der Waals surface area contributed by atoms with Crippen LogP contribution in [-0.4, -0.2) is 58.8 Å². The lowest BCUT2D eigenvalue weighted by molar-refractivity contribution is 0.0226. The van der Waals surface area contributed by atoms with E-state index in [0.717, 1.165) is 42.0 Å². The minimum absolute atomic E-state index is 0.286. The van der Waals surface area contributed by atoms with Crippen molar-refractivity contribution in [2.75, 3.05) is 26.9 Å². The van der Waals surface area contributed by atoms with Crippen molar-refractivity contribution in [3.63, 3.8) is 0 Å². The average Bonchev–Trinajstić information content (AvgIpc) is 3.68. The van der Waals surface area contributed by atoms with E-state index in [4.69, 9.17) is 19.3 Å². The number of methoxy groups -OCH3 is 1. The maximum Gasteiger partial charge on any atom is 0.227 e. The molecule has 4 rings (SSSR count). The fourth-order valence-corrected chi connectivity index (χ4v) is 4.12. The molecule has 1 aliphatic rings. The molecule has 1 saturated carbocycles. The van der Waals surface area contributed by atoms with E-state index in [-0.39, 0.29) is 6.61 Å². The zero-order valence-corrected chi connectivity index (χ0v) is 20.6. The number of aliphatic hydroxyl groups is 1. The molecule has 0 amide bonds. The van der Waals surface area contributed by atoms with Crippen molar-refractivity contribution < 1.29 is 19.3 Å². The van der Waals surface area contributed by atoms with Gasteiger partial charge in [-0.05, 0) is 55.7 Å². The molecule has 0 bridgehead atoms. The van der Waals surface area contributed by atoms with E-state index in [1.807, 2.05) is 59.3 Å². The third kappa shape index (κ3) is 6.51. The summed E-state index contributed by atoms with van der Waals surface area (Å²) >= 11 is 0. The Kier molecular flexibility index (Phi) is 8.58. The van der Waals surface area contributed by atoms with Gasteiger partial charge in [0.1, 0.15) is 11.5 Å². The molecule has 1 N–H and O–H groups in total. The Morgan fingerprint density at radius 2 is 1.86 bits per heavy atom. The summed E-state index contributed by atoms with van der Waals surface area (Å²) in [5.41, 5.74) is 2.96. The molecule has 1 aromatic heterocycles. The number of nitrogens with zero attached hydrogens (tertiary/aromatic N) is 3. The van der Waals surface area contributed by atoms with Crippen LogP contribution < -0.4 is 9.47 Å². The number of hydrogen-bond acceptors (Lipinski definition) is 6. The third-order valence-electron chi connectivity index (χ3n) is 6.04. The number of hydrogen-bond donors (Lipinski definition) is 1. The van der Waals surface area contributed by atoms with Crippen LogP contribution in [0.3, 0.4) is 0 Å². The standard InChI is InChI=1S/C28H35N3O4/c1-4-17-34-20-23(32)18-30(21-11-12-21)19-26-27(5-2)29-31(22-9-7-6-8-10-22)28(26)35-25-15-13-24(33-3)14-16-25/h4,6-10,13-16,21,23,32H,1,5,11-12,17-20H2,2-3H3/t23-/m0/s1. The Morgan fingerprint density at radius 3 is 2.49 bits per heavy atom. The summed E-state index contributed by atoms with van der Waals surface area (Å²) in [4.78, 5) is 2.33. The monoisotopic (exact) mass is 477 g/mol. The largest absolute Gasteiger partial charge is 0.497 e. The number of para-hydroxylation sites is 1. The molecule has 7 nitrogen and oxygen atoms in total. The van der Waals surface area contributed by atoms with E-state index in [2.05, 4.69) is 18.4 Å². The number of benzene rings is 2. The first-order chi connectivity index (χ1) is 17.1. The van der Waals surface area contributed by atoms with E-state index in [9.17, 15) is 5.11 Å². The van der Waals surface area contributed by atoms with Crippen molar-refractivity contribution in [2.45, 2.75) is 44.9 Å². The van der Waals surface area contributed by atoms with Gasteiger partial charge in [0.2, 0.25) is 5.88 Å². The second kappa shape index (κ2) is 12.0. The van der Waals surface area contributed by atoms with Crippen LogP contribution in [0.15, 0.2) is 67.3 Å². The van der Waals surface area contributed by atoms with Crippen molar-refractivity contribution in [1.82, 2.24) is 14.7 Å². The normalized spacial score (nSPS) is 14.2. The number of aliphatic hydroxyl groups excluding tert-OH is 1. The average molecular weight is 478 g/mol. The van der Waals surface area contributed by atoms with Gasteiger partial charge in [0.05, 0.1) is 43.4 Å². The third-order valence-corrected chi connectivity index (χ3v) is 6.04. The summed E-state index contributed by atoms with van der Waals surface area (Å²) in [6.45, 7) is 7.67. The van der Waals surface area contributed by atoms with E-state index < -0.39 is 6.10 Å². The predicted octanol–water partition coefficient (Wildman–Crippen LogP) is 4.76. The molecule has 7 heteroatoms. The highest BCUT2D eigenvalue weighted by Gasteiger charge is 2.33. The molecule has 0 saturated heterocycles. The Hall–Kier alpha value is -3.13. The molecule has 0 unspecified atom stereocenters. The van der Waals surface area contributed by atoms with E-state index >= 15 is 0 Å². The Balaban J connectivity index is 1.66. The molecule has 1 aliphatic carbocycles. The molecule has 1 atom stereocenters. The number of rotatable bonds is 14. The smallest absolute Gasteiger partial charge is 0.227 e. The first-order valence-corrected chi connectivity index (χ1v) is 12.2. The van der Waals surface area contributed by atoms with Crippen LogP contribution in [0.4, 0.5) is 0 Å². The van der Waals surface area contributed by atoms with Gasteiger partial charge in [-0.25, -0.2) is 4.68 Å². The van der Waals surface area contributed by atoms with E-state index in [0.29, 0.717) is 37.4 Å². The van der Waals surface area contributed by atoms with Crippen LogP contribution >= 0.6 is 0 Å². The molecule has 1 heterocycles. The second-order valence-corrected chi connectivity index (χ2v) is 8.75. The van der Waals surface area contributed by atoms with Crippen molar-refractivity contribution >= 4 is 0 Å². The summed E-state index contributed by atoms with van der Waals surface area (Å²) in [7, 11) is 1.65. The fourth-order valence-electron chi connectivity index (χ4n) is 4.12. The lowest BCUT2D eigenvalue weighted by Crippen LogP contribution is -2.36. The fraction of sp³-hybridized carbons (Fsp3) is 0.393. The lowest BCUT2D eigenvalue weighted by Gasteiger charge is -2.25. The highest BCUT2D eigenvalue weighted by molar-refractivity contribution is 5.44. The van der Waals surface area contributed by atoms with Crippen LogP contribution in [0.2, 0.25) is 0 Å². The SMILES string of the molecule is C=CCOC[C@@H](O)CN(Cc1c(CC)nn(-c2ccccc2)c1Oc1ccc(OC)cc1)C1CC1. The quantitative estimate of drug-likeness (QED) is 0.267. The van der Waals surface area contributed by atoms with E-state index in [1.54, 1.807) is 13.2 Å². The van der Waals surface area contributed by atoms with Gasteiger partial charge in [0.25, 0.3) is 0 Å². The summed E-state index contributed by atoms with van der Waals surface area (Å²) in [5.74, 6) is 2.18. The van der Waals surface area contributed by atoms with Gasteiger partial charge in [-0.1, -0.05) is 31.2 Å². The topological polar surface area (TPSA) is 69.0 Å². The zero-order valence-electron chi connectivity index (χ0n) is 20.6. The van der Waals surface area contributed by atoms with Gasteiger partial charge in [-0.3, -0.25) is 4.90 Å². The first-order valence-electron chi connectivity index (χ1n) is 12.2. The summed E-state index contributed by atoms with van der Waals surface area (Å²) < 4.78 is 19.1. The van der Waals surface area contributed by atoms with Gasteiger partial charge in [0.15, 0.2) is 0 Å². The summed E-state index contributed by atoms with van der Waals surface area (Å²) in [6, 6.07) is 18.0. The molecule has 35 heavy (non-hydrogen) atoms. The van der Waals surface area contributed by atoms with Gasteiger partial charge >= 0.3 is 0 Å². The minimum Gasteiger partial charge on any atom is -0.497 e. The molecule has 0 spiro atoms. The lowest BCUT2D eigenvalue weighted by atomic mass is 10.1. The predicted molar refractivity (Wildman–Crippen MR) is 136 cm³/mol. The minimum atomic E-state index is -0.573. The zero-order chi connectivity index (χ0) is 24.6. The van der Waals surface area contributed by atoms with Crippen LogP contribution in [0, 0.1) is 0 Å². The van der Waals surface area contributed by atoms with Crippen molar-refractivity contribution in [2.24, 2.45) is 0 Å². The highest BCUT2D eigenvalue weighted by Crippen LogP contribution is 2.35. The highest BCUT2D eigenvalue weighted by atomic mass is 16.5. The molecule has 0 radical (unpaired) electrons. The number of aromatic nitrogens is 2. The first kappa shape index (κ1) is 25.0. The van der Waals surface area contributed by atoms with Crippen molar-refractivity contribution in [3.8, 4) is 23.1 Å². The van der Waals surface area contributed by atoms with Gasteiger partial charge in [-0.15, -0.1) is 6.58 Å². The van der Waals surface area contributed by atoms with Crippen LogP contribution in [0.1, 0.15) is 31.0 Å². The molecule has 1 fully saturated rings. The van der Waals surface area contributed by atoms with Gasteiger partial charge in [0, 0.05) is 19.1 Å². The Labute approximate surface area is 207 Å². The maximum atomic E-state index is 10.6. The molecule has 186 valence electrons. The number of aryl methyl sites for hydroxylation is 1. The van der Waals surface area contributed by atoms with Crippen LogP contribution in [-0.2, 0) is 17.7 Å². The molecular weight excluding hydrogens is 442 g/mol. The molecule has 2 aromatic carbocycles. The Bertz CT molecular complexity index is 1080. The Morgan fingerprint density at radius 1 is 1.14 bits per heavy atom. The van der Waals surface area contributed by atoms with Crippen molar-refractivity contribution in [3.05, 3.63) is 78.5 Å². The molecule has 3 aromatic rings. The summed E-state index contributed by atoms with van der Waals surface area (Å²) in [6.07, 6.45) is 4.15. The van der Waals surface area contributed by atoms with Crippen molar-refractivity contribution in [1.29, 1.82) is 0 Å². The molecular formula is C28H35N3O4. The van der Waals surface area contributed by atoms with Crippen LogP contribution in [0.25, 0.3) is 5.69 Å². The number of ether oxygens (including phenoxy) is 3. The van der Waals surface area contributed by atoms with Gasteiger partial charge in [-0.2, -0.15) is 5.10 Å². The van der Waals surface area contributed by atoms with Gasteiger partial charge < -0.3 is 19.3 Å².